The Morgan fingerprint density at radius 3 is 2.92 bits per heavy atom. The standard InChI is InChI=1S/C9H15N3O/c1-7(11-2)9(13)12-4-3-8(5-10)6-12/h7-8,11H,3-4,6H2,1-2H3. The Kier molecular flexibility index (Phi) is 3.26. The van der Waals surface area contributed by atoms with Crippen LogP contribution in [-0.2, 0) is 4.79 Å². The summed E-state index contributed by atoms with van der Waals surface area (Å²) in [6.45, 7) is 3.16. The lowest BCUT2D eigenvalue weighted by atomic mass is 10.1. The molecule has 0 spiro atoms. The van der Waals surface area contributed by atoms with E-state index in [9.17, 15) is 4.79 Å². The number of carbonyl (C=O) groups excluding carboxylic acids is 1. The van der Waals surface area contributed by atoms with E-state index in [4.69, 9.17) is 5.26 Å². The summed E-state index contributed by atoms with van der Waals surface area (Å²) in [5.74, 6) is 0.133. The Bertz CT molecular complexity index is 234. The molecule has 1 aliphatic rings. The summed E-state index contributed by atoms with van der Waals surface area (Å²) in [7, 11) is 1.76. The summed E-state index contributed by atoms with van der Waals surface area (Å²) in [5.41, 5.74) is 0. The smallest absolute Gasteiger partial charge is 0.239 e. The number of rotatable bonds is 2. The number of likely N-dealkylation sites (N-methyl/N-ethyl adjacent to an activating group) is 1. The molecule has 4 nitrogen and oxygen atoms in total. The van der Waals surface area contributed by atoms with Gasteiger partial charge in [-0.3, -0.25) is 4.79 Å². The lowest BCUT2D eigenvalue weighted by molar-refractivity contribution is -0.131. The molecule has 13 heavy (non-hydrogen) atoms. The molecule has 0 radical (unpaired) electrons. The van der Waals surface area contributed by atoms with Crippen LogP contribution in [-0.4, -0.2) is 37.0 Å². The summed E-state index contributed by atoms with van der Waals surface area (Å²) < 4.78 is 0. The molecule has 0 aliphatic carbocycles. The lowest BCUT2D eigenvalue weighted by Gasteiger charge is -2.19. The molecule has 0 saturated carbocycles. The number of nitriles is 1. The average Bonchev–Trinajstić information content (AvgIpc) is 2.63. The van der Waals surface area contributed by atoms with Gasteiger partial charge >= 0.3 is 0 Å². The SMILES string of the molecule is CNC(C)C(=O)N1CCC(C#N)C1. The molecule has 0 aromatic rings. The van der Waals surface area contributed by atoms with Crippen LogP contribution >= 0.6 is 0 Å². The molecular weight excluding hydrogens is 166 g/mol. The second kappa shape index (κ2) is 4.24. The highest BCUT2D eigenvalue weighted by Crippen LogP contribution is 2.15. The van der Waals surface area contributed by atoms with Crippen molar-refractivity contribution in [3.05, 3.63) is 0 Å². The lowest BCUT2D eigenvalue weighted by Crippen LogP contribution is -2.42. The normalized spacial score (nSPS) is 24.1. The Morgan fingerprint density at radius 2 is 2.46 bits per heavy atom. The van der Waals surface area contributed by atoms with Crippen LogP contribution in [0.4, 0.5) is 0 Å². The molecule has 4 heteroatoms. The van der Waals surface area contributed by atoms with Crippen molar-refractivity contribution in [2.24, 2.45) is 5.92 Å². The summed E-state index contributed by atoms with van der Waals surface area (Å²) in [6, 6.07) is 2.05. The van der Waals surface area contributed by atoms with Crippen LogP contribution in [0.1, 0.15) is 13.3 Å². The quantitative estimate of drug-likeness (QED) is 0.650. The van der Waals surface area contributed by atoms with Crippen LogP contribution in [0.2, 0.25) is 0 Å². The molecule has 1 N–H and O–H groups in total. The van der Waals surface area contributed by atoms with Crippen molar-refractivity contribution in [2.75, 3.05) is 20.1 Å². The summed E-state index contributed by atoms with van der Waals surface area (Å²) >= 11 is 0. The van der Waals surface area contributed by atoms with Crippen LogP contribution in [0.25, 0.3) is 0 Å². The summed E-state index contributed by atoms with van der Waals surface area (Å²) in [6.07, 6.45) is 0.818. The van der Waals surface area contributed by atoms with E-state index >= 15 is 0 Å². The molecule has 72 valence electrons. The molecule has 1 saturated heterocycles. The van der Waals surface area contributed by atoms with E-state index in [0.717, 1.165) is 13.0 Å². The van der Waals surface area contributed by atoms with Gasteiger partial charge in [0.05, 0.1) is 18.0 Å². The largest absolute Gasteiger partial charge is 0.340 e. The topological polar surface area (TPSA) is 56.1 Å². The number of hydrogen-bond donors (Lipinski definition) is 1. The molecular formula is C9H15N3O. The third kappa shape index (κ3) is 2.19. The molecule has 0 aromatic heterocycles. The number of likely N-dealkylation sites (tertiary alicyclic amines) is 1. The first kappa shape index (κ1) is 10.0. The van der Waals surface area contributed by atoms with Crippen LogP contribution in [0.5, 0.6) is 0 Å². The molecule has 2 atom stereocenters. The fraction of sp³-hybridized carbons (Fsp3) is 0.778. The van der Waals surface area contributed by atoms with Crippen molar-refractivity contribution in [1.29, 1.82) is 5.26 Å². The van der Waals surface area contributed by atoms with Gasteiger partial charge in [-0.05, 0) is 20.4 Å². The van der Waals surface area contributed by atoms with Crippen molar-refractivity contribution >= 4 is 5.91 Å². The maximum atomic E-state index is 11.6. The first-order chi connectivity index (χ1) is 6.19. The third-order valence-electron chi connectivity index (χ3n) is 2.49. The predicted molar refractivity (Wildman–Crippen MR) is 48.8 cm³/mol. The number of nitrogens with one attached hydrogen (secondary N) is 1. The third-order valence-corrected chi connectivity index (χ3v) is 2.49. The van der Waals surface area contributed by atoms with Crippen molar-refractivity contribution in [1.82, 2.24) is 10.2 Å². The Morgan fingerprint density at radius 1 is 1.77 bits per heavy atom. The molecule has 0 bridgehead atoms. The minimum absolute atomic E-state index is 0.0352. The molecule has 1 fully saturated rings. The van der Waals surface area contributed by atoms with Crippen LogP contribution in [0.15, 0.2) is 0 Å². The van der Waals surface area contributed by atoms with Crippen molar-refractivity contribution in [2.45, 2.75) is 19.4 Å². The summed E-state index contributed by atoms with van der Waals surface area (Å²) in [4.78, 5) is 13.4. The summed E-state index contributed by atoms with van der Waals surface area (Å²) in [5, 5.41) is 11.6. The molecule has 1 heterocycles. The van der Waals surface area contributed by atoms with E-state index in [-0.39, 0.29) is 17.9 Å². The molecule has 1 rings (SSSR count). The Hall–Kier alpha value is -1.08. The fourth-order valence-electron chi connectivity index (χ4n) is 1.46. The van der Waals surface area contributed by atoms with Gasteiger partial charge in [0.25, 0.3) is 0 Å². The Labute approximate surface area is 78.5 Å². The molecule has 1 amide bonds. The van der Waals surface area contributed by atoms with Crippen molar-refractivity contribution in [3.63, 3.8) is 0 Å². The van der Waals surface area contributed by atoms with Gasteiger partial charge in [0.15, 0.2) is 0 Å². The zero-order valence-electron chi connectivity index (χ0n) is 8.08. The van der Waals surface area contributed by atoms with E-state index < -0.39 is 0 Å². The van der Waals surface area contributed by atoms with Crippen LogP contribution in [0.3, 0.4) is 0 Å². The minimum atomic E-state index is -0.141. The first-order valence-electron chi connectivity index (χ1n) is 4.54. The number of carbonyl (C=O) groups is 1. The van der Waals surface area contributed by atoms with Gasteiger partial charge in [-0.2, -0.15) is 5.26 Å². The highest BCUT2D eigenvalue weighted by Gasteiger charge is 2.27. The van der Waals surface area contributed by atoms with Gasteiger partial charge in [0, 0.05) is 13.1 Å². The van der Waals surface area contributed by atoms with E-state index in [0.29, 0.717) is 6.54 Å². The van der Waals surface area contributed by atoms with Gasteiger partial charge in [-0.15, -0.1) is 0 Å². The van der Waals surface area contributed by atoms with E-state index in [1.54, 1.807) is 11.9 Å². The second-order valence-electron chi connectivity index (χ2n) is 3.41. The number of amides is 1. The van der Waals surface area contributed by atoms with Gasteiger partial charge in [-0.25, -0.2) is 0 Å². The van der Waals surface area contributed by atoms with Gasteiger partial charge in [0.2, 0.25) is 5.91 Å². The average molecular weight is 181 g/mol. The first-order valence-corrected chi connectivity index (χ1v) is 4.54. The predicted octanol–water partition coefficient (Wildman–Crippen LogP) is -0.0336. The van der Waals surface area contributed by atoms with E-state index in [2.05, 4.69) is 11.4 Å². The highest BCUT2D eigenvalue weighted by molar-refractivity contribution is 5.81. The molecule has 2 unspecified atom stereocenters. The van der Waals surface area contributed by atoms with E-state index in [1.807, 2.05) is 6.92 Å². The minimum Gasteiger partial charge on any atom is -0.340 e. The number of hydrogen-bond acceptors (Lipinski definition) is 3. The van der Waals surface area contributed by atoms with Crippen LogP contribution < -0.4 is 5.32 Å². The van der Waals surface area contributed by atoms with Gasteiger partial charge in [-0.1, -0.05) is 0 Å². The monoisotopic (exact) mass is 181 g/mol. The molecule has 0 aromatic carbocycles. The highest BCUT2D eigenvalue weighted by atomic mass is 16.2. The second-order valence-corrected chi connectivity index (χ2v) is 3.41. The zero-order valence-corrected chi connectivity index (χ0v) is 8.08. The maximum absolute atomic E-state index is 11.6. The van der Waals surface area contributed by atoms with Crippen molar-refractivity contribution < 1.29 is 4.79 Å². The fourth-order valence-corrected chi connectivity index (χ4v) is 1.46. The zero-order chi connectivity index (χ0) is 9.84. The van der Waals surface area contributed by atoms with E-state index in [1.165, 1.54) is 0 Å². The molecule has 1 aliphatic heterocycles. The van der Waals surface area contributed by atoms with Crippen LogP contribution in [0, 0.1) is 17.2 Å². The van der Waals surface area contributed by atoms with Gasteiger partial charge < -0.3 is 10.2 Å². The Balaban J connectivity index is 2.47. The van der Waals surface area contributed by atoms with Gasteiger partial charge in [0.1, 0.15) is 0 Å². The van der Waals surface area contributed by atoms with Crippen molar-refractivity contribution in [3.8, 4) is 6.07 Å². The maximum Gasteiger partial charge on any atom is 0.239 e. The number of nitrogens with zero attached hydrogens (tertiary/aromatic N) is 2.